The summed E-state index contributed by atoms with van der Waals surface area (Å²) in [5.41, 5.74) is 8.38. The first-order valence-corrected chi connectivity index (χ1v) is 6.06. The van der Waals surface area contributed by atoms with Gasteiger partial charge in [-0.2, -0.15) is 0 Å². The highest BCUT2D eigenvalue weighted by atomic mass is 32.1. The van der Waals surface area contributed by atoms with Crippen molar-refractivity contribution in [2.24, 2.45) is 5.73 Å². The van der Waals surface area contributed by atoms with E-state index in [0.29, 0.717) is 4.99 Å². The normalized spacial score (nSPS) is 10.0. The van der Waals surface area contributed by atoms with Gasteiger partial charge in [0.2, 0.25) is 0 Å². The van der Waals surface area contributed by atoms with Gasteiger partial charge in [-0.3, -0.25) is 9.97 Å². The van der Waals surface area contributed by atoms with Crippen LogP contribution in [-0.4, -0.2) is 21.5 Å². The number of nitrogens with one attached hydrogen (secondary N) is 1. The number of rotatable bonds is 5. The topological polar surface area (TPSA) is 63.8 Å². The van der Waals surface area contributed by atoms with E-state index in [2.05, 4.69) is 15.3 Å². The molecular weight excluding hydrogens is 244 g/mol. The average Bonchev–Trinajstić information content (AvgIpc) is 2.40. The van der Waals surface area contributed by atoms with E-state index in [1.807, 2.05) is 24.3 Å². The van der Waals surface area contributed by atoms with Crippen LogP contribution in [0.2, 0.25) is 0 Å². The van der Waals surface area contributed by atoms with Gasteiger partial charge in [-0.05, 0) is 18.2 Å². The summed E-state index contributed by atoms with van der Waals surface area (Å²) in [7, 11) is 0. The van der Waals surface area contributed by atoms with Crippen LogP contribution in [0.4, 0.5) is 5.69 Å². The van der Waals surface area contributed by atoms with E-state index >= 15 is 0 Å². The average molecular weight is 258 g/mol. The first-order valence-electron chi connectivity index (χ1n) is 5.65. The summed E-state index contributed by atoms with van der Waals surface area (Å²) in [5.74, 6) is 0. The summed E-state index contributed by atoms with van der Waals surface area (Å²) in [6, 6.07) is 7.70. The molecule has 4 nitrogen and oxygen atoms in total. The summed E-state index contributed by atoms with van der Waals surface area (Å²) >= 11 is 4.99. The molecule has 0 aliphatic heterocycles. The van der Waals surface area contributed by atoms with Gasteiger partial charge in [-0.1, -0.05) is 18.3 Å². The molecule has 2 aromatic heterocycles. The maximum absolute atomic E-state index is 5.65. The molecule has 5 heteroatoms. The largest absolute Gasteiger partial charge is 0.389 e. The van der Waals surface area contributed by atoms with Crippen LogP contribution in [0, 0.1) is 0 Å². The van der Waals surface area contributed by atoms with Crippen LogP contribution in [0.1, 0.15) is 11.3 Å². The number of nitrogens with zero attached hydrogens (tertiary/aromatic N) is 2. The van der Waals surface area contributed by atoms with E-state index in [-0.39, 0.29) is 0 Å². The van der Waals surface area contributed by atoms with Gasteiger partial charge in [0, 0.05) is 36.6 Å². The molecule has 0 unspecified atom stereocenters. The fraction of sp³-hybridized carbons (Fsp3) is 0.154. The van der Waals surface area contributed by atoms with E-state index in [9.17, 15) is 0 Å². The Morgan fingerprint density at radius 2 is 2.17 bits per heavy atom. The van der Waals surface area contributed by atoms with Crippen LogP contribution < -0.4 is 11.1 Å². The van der Waals surface area contributed by atoms with Crippen molar-refractivity contribution in [1.82, 2.24) is 9.97 Å². The number of anilines is 1. The highest BCUT2D eigenvalue weighted by Crippen LogP contribution is 2.12. The number of hydrogen-bond acceptors (Lipinski definition) is 4. The molecule has 0 saturated carbocycles. The van der Waals surface area contributed by atoms with E-state index in [4.69, 9.17) is 18.0 Å². The molecule has 2 rings (SSSR count). The van der Waals surface area contributed by atoms with Crippen LogP contribution in [-0.2, 0) is 6.42 Å². The quantitative estimate of drug-likeness (QED) is 0.800. The number of pyridine rings is 2. The van der Waals surface area contributed by atoms with E-state index < -0.39 is 0 Å². The molecule has 0 radical (unpaired) electrons. The number of hydrogen-bond donors (Lipinski definition) is 2. The third-order valence-electron chi connectivity index (χ3n) is 2.51. The van der Waals surface area contributed by atoms with E-state index in [1.165, 1.54) is 0 Å². The fourth-order valence-electron chi connectivity index (χ4n) is 1.62. The Labute approximate surface area is 111 Å². The van der Waals surface area contributed by atoms with E-state index in [1.54, 1.807) is 18.6 Å². The molecule has 18 heavy (non-hydrogen) atoms. The molecule has 0 aromatic carbocycles. The summed E-state index contributed by atoms with van der Waals surface area (Å²) in [6.45, 7) is 0.762. The minimum atomic E-state index is 0.373. The Kier molecular flexibility index (Phi) is 4.20. The van der Waals surface area contributed by atoms with Gasteiger partial charge in [-0.25, -0.2) is 0 Å². The highest BCUT2D eigenvalue weighted by Gasteiger charge is 2.04. The fourth-order valence-corrected chi connectivity index (χ4v) is 1.80. The van der Waals surface area contributed by atoms with Gasteiger partial charge in [0.05, 0.1) is 11.9 Å². The molecule has 0 amide bonds. The van der Waals surface area contributed by atoms with Crippen molar-refractivity contribution >= 4 is 22.9 Å². The monoisotopic (exact) mass is 258 g/mol. The molecule has 0 aliphatic rings. The predicted octanol–water partition coefficient (Wildman–Crippen LogP) is 1.77. The molecule has 0 atom stereocenters. The van der Waals surface area contributed by atoms with E-state index in [0.717, 1.165) is 29.9 Å². The maximum Gasteiger partial charge on any atom is 0.106 e. The molecule has 0 bridgehead atoms. The molecule has 0 fully saturated rings. The lowest BCUT2D eigenvalue weighted by Crippen LogP contribution is -2.15. The zero-order valence-corrected chi connectivity index (χ0v) is 10.7. The summed E-state index contributed by atoms with van der Waals surface area (Å²) in [4.78, 5) is 8.69. The molecule has 0 saturated heterocycles. The zero-order chi connectivity index (χ0) is 12.8. The molecule has 0 aliphatic carbocycles. The van der Waals surface area contributed by atoms with Gasteiger partial charge < -0.3 is 11.1 Å². The number of nitrogens with two attached hydrogens (primary N) is 1. The van der Waals surface area contributed by atoms with Crippen LogP contribution >= 0.6 is 12.2 Å². The lowest BCUT2D eigenvalue weighted by molar-refractivity contribution is 0.959. The Balaban J connectivity index is 1.97. The molecule has 92 valence electrons. The van der Waals surface area contributed by atoms with Crippen molar-refractivity contribution in [3.63, 3.8) is 0 Å². The lowest BCUT2D eigenvalue weighted by atomic mass is 10.2. The lowest BCUT2D eigenvalue weighted by Gasteiger charge is -2.09. The molecule has 3 N–H and O–H groups in total. The predicted molar refractivity (Wildman–Crippen MR) is 76.6 cm³/mol. The summed E-state index contributed by atoms with van der Waals surface area (Å²) < 4.78 is 0. The Bertz CT molecular complexity index is 528. The summed E-state index contributed by atoms with van der Waals surface area (Å²) in [5, 5.41) is 3.27. The van der Waals surface area contributed by atoms with Crippen molar-refractivity contribution in [2.45, 2.75) is 6.42 Å². The maximum atomic E-state index is 5.65. The van der Waals surface area contributed by atoms with Crippen LogP contribution in [0.3, 0.4) is 0 Å². The molecule has 2 heterocycles. The summed E-state index contributed by atoms with van der Waals surface area (Å²) in [6.07, 6.45) is 6.04. The minimum absolute atomic E-state index is 0.373. The number of aromatic nitrogens is 2. The van der Waals surface area contributed by atoms with Crippen LogP contribution in [0.15, 0.2) is 42.9 Å². The van der Waals surface area contributed by atoms with Crippen LogP contribution in [0.5, 0.6) is 0 Å². The van der Waals surface area contributed by atoms with Crippen molar-refractivity contribution in [2.75, 3.05) is 11.9 Å². The second kappa shape index (κ2) is 6.07. The second-order valence-corrected chi connectivity index (χ2v) is 4.22. The van der Waals surface area contributed by atoms with Gasteiger partial charge in [0.15, 0.2) is 0 Å². The standard InChI is InChI=1S/C13H14N4S/c14-13(18)11-5-7-15-9-12(11)17-8-4-10-3-1-2-6-16-10/h1-3,5-7,9,17H,4,8H2,(H2,14,18). The van der Waals surface area contributed by atoms with Gasteiger partial charge in [0.1, 0.15) is 4.99 Å². The Hall–Kier alpha value is -2.01. The minimum Gasteiger partial charge on any atom is -0.389 e. The van der Waals surface area contributed by atoms with Gasteiger partial charge in [-0.15, -0.1) is 0 Å². The Morgan fingerprint density at radius 3 is 2.89 bits per heavy atom. The molecule has 0 spiro atoms. The van der Waals surface area contributed by atoms with Crippen LogP contribution in [0.25, 0.3) is 0 Å². The highest BCUT2D eigenvalue weighted by molar-refractivity contribution is 7.80. The molecule has 2 aromatic rings. The third-order valence-corrected chi connectivity index (χ3v) is 2.73. The first-order chi connectivity index (χ1) is 8.77. The van der Waals surface area contributed by atoms with Crippen molar-refractivity contribution in [1.29, 1.82) is 0 Å². The second-order valence-electron chi connectivity index (χ2n) is 3.78. The van der Waals surface area contributed by atoms with Gasteiger partial charge >= 0.3 is 0 Å². The molecular formula is C13H14N4S. The zero-order valence-electron chi connectivity index (χ0n) is 9.84. The van der Waals surface area contributed by atoms with Gasteiger partial charge in [0.25, 0.3) is 0 Å². The van der Waals surface area contributed by atoms with Crippen molar-refractivity contribution < 1.29 is 0 Å². The van der Waals surface area contributed by atoms with Crippen molar-refractivity contribution in [3.8, 4) is 0 Å². The van der Waals surface area contributed by atoms with Crippen molar-refractivity contribution in [3.05, 3.63) is 54.1 Å². The SMILES string of the molecule is NC(=S)c1ccncc1NCCc1ccccn1. The third kappa shape index (κ3) is 3.24. The number of thiocarbonyl (C=S) groups is 1. The smallest absolute Gasteiger partial charge is 0.106 e. The first kappa shape index (κ1) is 12.4. The Morgan fingerprint density at radius 1 is 1.28 bits per heavy atom.